The van der Waals surface area contributed by atoms with Gasteiger partial charge in [0.1, 0.15) is 0 Å². The van der Waals surface area contributed by atoms with E-state index in [4.69, 9.17) is 9.47 Å². The molecule has 0 amide bonds. The number of rotatable bonds is 4. The molecule has 116 valence electrons. The molecule has 0 unspecified atom stereocenters. The minimum atomic E-state index is -0.547. The zero-order valence-electron chi connectivity index (χ0n) is 12.7. The van der Waals surface area contributed by atoms with E-state index in [-0.39, 0.29) is 11.9 Å². The second kappa shape index (κ2) is 7.13. The Bertz CT molecular complexity index is 603. The van der Waals surface area contributed by atoms with E-state index in [1.165, 1.54) is 14.2 Å². The molecule has 4 nitrogen and oxygen atoms in total. The lowest BCUT2D eigenvalue weighted by molar-refractivity contribution is 0.0592. The molecule has 22 heavy (non-hydrogen) atoms. The molecular weight excluding hydrogens is 300 g/mol. The van der Waals surface area contributed by atoms with Gasteiger partial charge < -0.3 is 9.47 Å². The third-order valence-electron chi connectivity index (χ3n) is 3.35. The van der Waals surface area contributed by atoms with Crippen LogP contribution in [0.5, 0.6) is 0 Å². The van der Waals surface area contributed by atoms with Crippen molar-refractivity contribution in [3.63, 3.8) is 0 Å². The summed E-state index contributed by atoms with van der Waals surface area (Å²) in [6.45, 7) is 0. The molecule has 2 aromatic rings. The van der Waals surface area contributed by atoms with Gasteiger partial charge in [0.15, 0.2) is 0 Å². The number of thiol groups is 1. The fourth-order valence-electron chi connectivity index (χ4n) is 2.03. The summed E-state index contributed by atoms with van der Waals surface area (Å²) < 4.78 is 9.38. The SMILES string of the molecule is COC(=O)c1ccc([SH](C)c2ccc(C(=O)OC)cc2)cc1. The van der Waals surface area contributed by atoms with Crippen LogP contribution in [0.4, 0.5) is 0 Å². The molecule has 0 aliphatic heterocycles. The highest BCUT2D eigenvalue weighted by Crippen LogP contribution is 2.41. The summed E-state index contributed by atoms with van der Waals surface area (Å²) in [4.78, 5) is 25.2. The largest absolute Gasteiger partial charge is 0.465 e. The summed E-state index contributed by atoms with van der Waals surface area (Å²) in [5.41, 5.74) is 1.08. The average molecular weight is 318 g/mol. The van der Waals surface area contributed by atoms with Crippen molar-refractivity contribution >= 4 is 22.8 Å². The van der Waals surface area contributed by atoms with E-state index in [1.54, 1.807) is 24.3 Å². The molecule has 0 atom stereocenters. The van der Waals surface area contributed by atoms with Crippen LogP contribution in [0.2, 0.25) is 0 Å². The molecular formula is C17H18O4S. The summed E-state index contributed by atoms with van der Waals surface area (Å²) in [6, 6.07) is 14.8. The highest BCUT2D eigenvalue weighted by atomic mass is 32.2. The van der Waals surface area contributed by atoms with Crippen molar-refractivity contribution in [1.82, 2.24) is 0 Å². The van der Waals surface area contributed by atoms with Gasteiger partial charge in [0.2, 0.25) is 0 Å². The Kier molecular flexibility index (Phi) is 5.22. The van der Waals surface area contributed by atoms with Gasteiger partial charge >= 0.3 is 11.9 Å². The first-order valence-electron chi connectivity index (χ1n) is 6.67. The first kappa shape index (κ1) is 16.1. The van der Waals surface area contributed by atoms with E-state index in [1.807, 2.05) is 24.3 Å². The quantitative estimate of drug-likeness (QED) is 0.694. The molecule has 0 N–H and O–H groups in total. The number of hydrogen-bond acceptors (Lipinski definition) is 4. The van der Waals surface area contributed by atoms with E-state index in [0.717, 1.165) is 9.79 Å². The van der Waals surface area contributed by atoms with Gasteiger partial charge in [-0.15, -0.1) is 0 Å². The number of benzene rings is 2. The van der Waals surface area contributed by atoms with E-state index < -0.39 is 10.9 Å². The number of carbonyl (C=O) groups excluding carboxylic acids is 2. The van der Waals surface area contributed by atoms with Crippen LogP contribution < -0.4 is 0 Å². The molecule has 0 bridgehead atoms. The second-order valence-electron chi connectivity index (χ2n) is 4.64. The lowest BCUT2D eigenvalue weighted by Gasteiger charge is -2.17. The van der Waals surface area contributed by atoms with Crippen molar-refractivity contribution in [2.75, 3.05) is 20.5 Å². The van der Waals surface area contributed by atoms with Crippen LogP contribution in [0, 0.1) is 0 Å². The maximum Gasteiger partial charge on any atom is 0.337 e. The number of hydrogen-bond donors (Lipinski definition) is 1. The van der Waals surface area contributed by atoms with Gasteiger partial charge in [0, 0.05) is 0 Å². The molecule has 0 aliphatic rings. The molecule has 0 saturated heterocycles. The topological polar surface area (TPSA) is 52.6 Å². The highest BCUT2D eigenvalue weighted by molar-refractivity contribution is 8.16. The summed E-state index contributed by atoms with van der Waals surface area (Å²) in [5.74, 6) is -0.677. The van der Waals surface area contributed by atoms with Crippen LogP contribution in [0.3, 0.4) is 0 Å². The molecule has 0 heterocycles. The molecule has 0 aliphatic carbocycles. The first-order chi connectivity index (χ1) is 10.6. The minimum absolute atomic E-state index is 0.339. The molecule has 0 fully saturated rings. The number of ether oxygens (including phenoxy) is 2. The van der Waals surface area contributed by atoms with Crippen LogP contribution >= 0.6 is 10.9 Å². The molecule has 2 rings (SSSR count). The predicted molar refractivity (Wildman–Crippen MR) is 87.0 cm³/mol. The van der Waals surface area contributed by atoms with Crippen LogP contribution in [0.25, 0.3) is 0 Å². The molecule has 0 radical (unpaired) electrons. The number of carbonyl (C=O) groups is 2. The van der Waals surface area contributed by atoms with Crippen molar-refractivity contribution in [2.24, 2.45) is 0 Å². The summed E-state index contributed by atoms with van der Waals surface area (Å²) in [7, 11) is 2.19. The van der Waals surface area contributed by atoms with Crippen LogP contribution in [0.15, 0.2) is 58.3 Å². The third-order valence-corrected chi connectivity index (χ3v) is 5.50. The van der Waals surface area contributed by atoms with Gasteiger partial charge in [-0.25, -0.2) is 20.5 Å². The monoisotopic (exact) mass is 318 g/mol. The Balaban J connectivity index is 2.18. The maximum absolute atomic E-state index is 11.4. The summed E-state index contributed by atoms with van der Waals surface area (Å²) >= 11 is 0. The fourth-order valence-corrected chi connectivity index (χ4v) is 3.52. The van der Waals surface area contributed by atoms with Crippen molar-refractivity contribution in [2.45, 2.75) is 9.79 Å². The first-order valence-corrected chi connectivity index (χ1v) is 8.46. The van der Waals surface area contributed by atoms with Crippen LogP contribution in [0.1, 0.15) is 20.7 Å². The molecule has 0 spiro atoms. The van der Waals surface area contributed by atoms with Gasteiger partial charge in [-0.2, -0.15) is 0 Å². The van der Waals surface area contributed by atoms with E-state index in [9.17, 15) is 9.59 Å². The van der Waals surface area contributed by atoms with Crippen LogP contribution in [-0.2, 0) is 9.47 Å². The van der Waals surface area contributed by atoms with Gasteiger partial charge in [-0.05, 0) is 64.6 Å². The van der Waals surface area contributed by atoms with E-state index in [2.05, 4.69) is 6.26 Å². The zero-order valence-corrected chi connectivity index (χ0v) is 13.6. The van der Waals surface area contributed by atoms with Gasteiger partial charge in [0.25, 0.3) is 0 Å². The van der Waals surface area contributed by atoms with Gasteiger partial charge in [-0.3, -0.25) is 0 Å². The third kappa shape index (κ3) is 3.49. The number of esters is 2. The van der Waals surface area contributed by atoms with Crippen molar-refractivity contribution in [1.29, 1.82) is 0 Å². The van der Waals surface area contributed by atoms with Crippen LogP contribution in [-0.4, -0.2) is 32.4 Å². The van der Waals surface area contributed by atoms with Crippen molar-refractivity contribution < 1.29 is 19.1 Å². The Morgan fingerprint density at radius 3 is 1.32 bits per heavy atom. The van der Waals surface area contributed by atoms with Gasteiger partial charge in [0.05, 0.1) is 25.3 Å². The standard InChI is InChI=1S/C17H18O4S/c1-20-16(18)12-4-8-14(9-5-12)22(3)15-10-6-13(7-11-15)17(19)21-2/h4-11,22H,1-3H3. The van der Waals surface area contributed by atoms with Crippen molar-refractivity contribution in [3.05, 3.63) is 59.7 Å². The fraction of sp³-hybridized carbons (Fsp3) is 0.176. The van der Waals surface area contributed by atoms with Gasteiger partial charge in [-0.1, -0.05) is 0 Å². The van der Waals surface area contributed by atoms with E-state index in [0.29, 0.717) is 11.1 Å². The average Bonchev–Trinajstić information content (AvgIpc) is 2.60. The lowest BCUT2D eigenvalue weighted by Crippen LogP contribution is -2.01. The zero-order chi connectivity index (χ0) is 16.1. The van der Waals surface area contributed by atoms with E-state index >= 15 is 0 Å². The maximum atomic E-state index is 11.4. The predicted octanol–water partition coefficient (Wildman–Crippen LogP) is 3.31. The number of methoxy groups -OCH3 is 2. The van der Waals surface area contributed by atoms with Crippen molar-refractivity contribution in [3.8, 4) is 0 Å². The lowest BCUT2D eigenvalue weighted by atomic mass is 10.2. The Hall–Kier alpha value is -2.27. The summed E-state index contributed by atoms with van der Waals surface area (Å²) in [6.07, 6.45) is 2.13. The summed E-state index contributed by atoms with van der Waals surface area (Å²) in [5, 5.41) is 0. The molecule has 0 aromatic heterocycles. The highest BCUT2D eigenvalue weighted by Gasteiger charge is 2.09. The Morgan fingerprint density at radius 2 is 1.05 bits per heavy atom. The second-order valence-corrected chi connectivity index (χ2v) is 6.79. The molecule has 5 heteroatoms. The smallest absolute Gasteiger partial charge is 0.337 e. The molecule has 2 aromatic carbocycles. The Morgan fingerprint density at radius 1 is 0.727 bits per heavy atom. The molecule has 0 saturated carbocycles. The minimum Gasteiger partial charge on any atom is -0.465 e. The Labute approximate surface area is 132 Å². The normalized spacial score (nSPS) is 10.8.